The van der Waals surface area contributed by atoms with Crippen LogP contribution in [-0.4, -0.2) is 16.9 Å². The monoisotopic (exact) mass is 362 g/mol. The molecule has 0 radical (unpaired) electrons. The van der Waals surface area contributed by atoms with Crippen LogP contribution < -0.4 is 10.6 Å². The highest BCUT2D eigenvalue weighted by atomic mass is 16.3. The number of rotatable bonds is 6. The summed E-state index contributed by atoms with van der Waals surface area (Å²) in [5.74, 6) is -0.136. The summed E-state index contributed by atoms with van der Waals surface area (Å²) in [5, 5.41) is 14.8. The summed E-state index contributed by atoms with van der Waals surface area (Å²) in [6, 6.07) is 18.4. The Kier molecular flexibility index (Phi) is 5.69. The van der Waals surface area contributed by atoms with Crippen LogP contribution in [0, 0.1) is 0 Å². The van der Waals surface area contributed by atoms with Gasteiger partial charge in [0.1, 0.15) is 17.2 Å². The van der Waals surface area contributed by atoms with E-state index in [4.69, 9.17) is 4.42 Å². The Morgan fingerprint density at radius 1 is 0.963 bits per heavy atom. The van der Waals surface area contributed by atoms with Gasteiger partial charge in [0.25, 0.3) is 11.8 Å². The van der Waals surface area contributed by atoms with Crippen molar-refractivity contribution in [3.63, 3.8) is 0 Å². The lowest BCUT2D eigenvalue weighted by Gasteiger charge is -2.11. The van der Waals surface area contributed by atoms with Crippen molar-refractivity contribution in [2.75, 3.05) is 0 Å². The molecule has 2 amide bonds. The van der Waals surface area contributed by atoms with E-state index in [1.807, 2.05) is 0 Å². The molecule has 0 atom stereocenters. The number of amides is 2. The SMILES string of the molecule is O=C(NCc1ccco1)C(=Cc1ccc(O)cc1)NC(=O)c1ccccc1. The molecule has 0 saturated heterocycles. The zero-order valence-corrected chi connectivity index (χ0v) is 14.4. The van der Waals surface area contributed by atoms with Crippen LogP contribution in [0.1, 0.15) is 21.7 Å². The van der Waals surface area contributed by atoms with Crippen LogP contribution >= 0.6 is 0 Å². The summed E-state index contributed by atoms with van der Waals surface area (Å²) in [6.45, 7) is 0.194. The van der Waals surface area contributed by atoms with Crippen LogP contribution in [0.4, 0.5) is 0 Å². The second-order valence-corrected chi connectivity index (χ2v) is 5.73. The lowest BCUT2D eigenvalue weighted by Crippen LogP contribution is -2.34. The fourth-order valence-electron chi connectivity index (χ4n) is 2.36. The highest BCUT2D eigenvalue weighted by Gasteiger charge is 2.15. The fraction of sp³-hybridized carbons (Fsp3) is 0.0476. The number of hydrogen-bond donors (Lipinski definition) is 3. The molecule has 0 fully saturated rings. The van der Waals surface area contributed by atoms with Crippen molar-refractivity contribution in [3.05, 3.63) is 95.6 Å². The maximum atomic E-state index is 12.6. The third-order valence-corrected chi connectivity index (χ3v) is 3.74. The minimum absolute atomic E-state index is 0.0844. The molecule has 27 heavy (non-hydrogen) atoms. The second-order valence-electron chi connectivity index (χ2n) is 5.73. The average molecular weight is 362 g/mol. The Morgan fingerprint density at radius 3 is 2.37 bits per heavy atom. The van der Waals surface area contributed by atoms with Gasteiger partial charge in [-0.1, -0.05) is 30.3 Å². The molecule has 0 aliphatic carbocycles. The van der Waals surface area contributed by atoms with Crippen molar-refractivity contribution in [1.82, 2.24) is 10.6 Å². The molecule has 0 aliphatic rings. The van der Waals surface area contributed by atoms with E-state index in [0.717, 1.165) is 0 Å². The van der Waals surface area contributed by atoms with Crippen LogP contribution in [0.3, 0.4) is 0 Å². The number of phenolic OH excluding ortho intramolecular Hbond substituents is 1. The van der Waals surface area contributed by atoms with E-state index < -0.39 is 11.8 Å². The minimum atomic E-state index is -0.455. The summed E-state index contributed by atoms with van der Waals surface area (Å²) in [5.41, 5.74) is 1.18. The van der Waals surface area contributed by atoms with Crippen molar-refractivity contribution in [2.24, 2.45) is 0 Å². The molecule has 1 heterocycles. The van der Waals surface area contributed by atoms with Gasteiger partial charge in [0.05, 0.1) is 12.8 Å². The number of hydrogen-bond acceptors (Lipinski definition) is 4. The zero-order chi connectivity index (χ0) is 19.1. The van der Waals surface area contributed by atoms with Crippen molar-refractivity contribution in [3.8, 4) is 5.75 Å². The fourth-order valence-corrected chi connectivity index (χ4v) is 2.36. The highest BCUT2D eigenvalue weighted by molar-refractivity contribution is 6.05. The first kappa shape index (κ1) is 18.0. The number of furan rings is 1. The summed E-state index contributed by atoms with van der Waals surface area (Å²) in [7, 11) is 0. The second kappa shape index (κ2) is 8.53. The quantitative estimate of drug-likeness (QED) is 0.588. The number of carbonyl (C=O) groups is 2. The third-order valence-electron chi connectivity index (χ3n) is 3.74. The highest BCUT2D eigenvalue weighted by Crippen LogP contribution is 2.13. The molecule has 0 saturated carbocycles. The Balaban J connectivity index is 1.80. The van der Waals surface area contributed by atoms with Crippen molar-refractivity contribution >= 4 is 17.9 Å². The normalized spacial score (nSPS) is 11.0. The molecule has 0 bridgehead atoms. The van der Waals surface area contributed by atoms with Crippen LogP contribution in [0.5, 0.6) is 5.75 Å². The maximum absolute atomic E-state index is 12.6. The van der Waals surface area contributed by atoms with Gasteiger partial charge in [0.2, 0.25) is 0 Å². The van der Waals surface area contributed by atoms with Gasteiger partial charge in [-0.25, -0.2) is 0 Å². The lowest BCUT2D eigenvalue weighted by molar-refractivity contribution is -0.118. The van der Waals surface area contributed by atoms with Crippen LogP contribution in [-0.2, 0) is 11.3 Å². The first-order valence-corrected chi connectivity index (χ1v) is 8.29. The Bertz CT molecular complexity index is 930. The van der Waals surface area contributed by atoms with Gasteiger partial charge >= 0.3 is 0 Å². The molecule has 0 spiro atoms. The van der Waals surface area contributed by atoms with E-state index in [0.29, 0.717) is 16.9 Å². The van der Waals surface area contributed by atoms with Crippen molar-refractivity contribution < 1.29 is 19.1 Å². The molecule has 3 N–H and O–H groups in total. The Hall–Kier alpha value is -3.80. The molecule has 0 unspecified atom stereocenters. The first-order valence-electron chi connectivity index (χ1n) is 8.29. The summed E-state index contributed by atoms with van der Waals surface area (Å²) >= 11 is 0. The summed E-state index contributed by atoms with van der Waals surface area (Å²) in [4.78, 5) is 25.0. The Morgan fingerprint density at radius 2 is 1.70 bits per heavy atom. The average Bonchev–Trinajstić information content (AvgIpc) is 3.21. The van der Waals surface area contributed by atoms with E-state index in [9.17, 15) is 14.7 Å². The molecule has 3 rings (SSSR count). The molecular weight excluding hydrogens is 344 g/mol. The predicted molar refractivity (Wildman–Crippen MR) is 101 cm³/mol. The van der Waals surface area contributed by atoms with E-state index >= 15 is 0 Å². The first-order chi connectivity index (χ1) is 13.1. The topological polar surface area (TPSA) is 91.6 Å². The van der Waals surface area contributed by atoms with E-state index in [1.54, 1.807) is 54.6 Å². The zero-order valence-electron chi connectivity index (χ0n) is 14.4. The van der Waals surface area contributed by atoms with Crippen LogP contribution in [0.25, 0.3) is 6.08 Å². The van der Waals surface area contributed by atoms with Crippen LogP contribution in [0.15, 0.2) is 83.1 Å². The molecule has 6 heteroatoms. The number of carbonyl (C=O) groups excluding carboxylic acids is 2. The predicted octanol–water partition coefficient (Wildman–Crippen LogP) is 3.07. The lowest BCUT2D eigenvalue weighted by atomic mass is 10.1. The van der Waals surface area contributed by atoms with Crippen molar-refractivity contribution in [1.29, 1.82) is 0 Å². The number of benzene rings is 2. The van der Waals surface area contributed by atoms with E-state index in [1.165, 1.54) is 24.5 Å². The molecule has 3 aromatic rings. The smallest absolute Gasteiger partial charge is 0.268 e. The number of aromatic hydroxyl groups is 1. The van der Waals surface area contributed by atoms with Gasteiger partial charge in [-0.2, -0.15) is 0 Å². The Labute approximate surface area is 156 Å². The molecule has 1 aromatic heterocycles. The molecule has 2 aromatic carbocycles. The maximum Gasteiger partial charge on any atom is 0.268 e. The molecule has 6 nitrogen and oxygen atoms in total. The van der Waals surface area contributed by atoms with Crippen molar-refractivity contribution in [2.45, 2.75) is 6.54 Å². The molecular formula is C21H18N2O4. The van der Waals surface area contributed by atoms with Gasteiger partial charge in [-0.05, 0) is 48.0 Å². The van der Waals surface area contributed by atoms with Gasteiger partial charge < -0.3 is 20.2 Å². The number of nitrogens with one attached hydrogen (secondary N) is 2. The summed E-state index contributed by atoms with van der Waals surface area (Å²) < 4.78 is 5.20. The van der Waals surface area contributed by atoms with Gasteiger partial charge in [-0.3, -0.25) is 9.59 Å². The minimum Gasteiger partial charge on any atom is -0.508 e. The van der Waals surface area contributed by atoms with E-state index in [2.05, 4.69) is 10.6 Å². The molecule has 136 valence electrons. The largest absolute Gasteiger partial charge is 0.508 e. The molecule has 0 aliphatic heterocycles. The third kappa shape index (κ3) is 5.09. The number of phenols is 1. The van der Waals surface area contributed by atoms with Gasteiger partial charge in [0.15, 0.2) is 0 Å². The van der Waals surface area contributed by atoms with Crippen LogP contribution in [0.2, 0.25) is 0 Å². The standard InChI is InChI=1S/C21H18N2O4/c24-17-10-8-15(9-11-17)13-19(21(26)22-14-18-7-4-12-27-18)23-20(25)16-5-2-1-3-6-16/h1-13,24H,14H2,(H,22,26)(H,23,25). The van der Waals surface area contributed by atoms with E-state index in [-0.39, 0.29) is 18.0 Å². The van der Waals surface area contributed by atoms with Gasteiger partial charge in [-0.15, -0.1) is 0 Å². The summed E-state index contributed by atoms with van der Waals surface area (Å²) in [6.07, 6.45) is 3.06. The van der Waals surface area contributed by atoms with Gasteiger partial charge in [0, 0.05) is 5.56 Å².